The summed E-state index contributed by atoms with van der Waals surface area (Å²) in [6.07, 6.45) is 1.02. The zero-order valence-electron chi connectivity index (χ0n) is 11.9. The summed E-state index contributed by atoms with van der Waals surface area (Å²) in [7, 11) is 0. The third-order valence-corrected chi connectivity index (χ3v) is 3.43. The van der Waals surface area contributed by atoms with Crippen molar-refractivity contribution in [1.29, 1.82) is 0 Å². The molecule has 20 heavy (non-hydrogen) atoms. The Bertz CT molecular complexity index is 603. The molecule has 3 N–H and O–H groups in total. The topological polar surface area (TPSA) is 55.1 Å². The summed E-state index contributed by atoms with van der Waals surface area (Å²) in [5.41, 5.74) is 10.4. The number of aryl methyl sites for hydroxylation is 2. The Labute approximate surface area is 119 Å². The molecule has 0 heterocycles. The fourth-order valence-electron chi connectivity index (χ4n) is 1.96. The number of nitrogens with one attached hydrogen (secondary N) is 1. The number of amides is 1. The Morgan fingerprint density at radius 1 is 1.10 bits per heavy atom. The largest absolute Gasteiger partial charge is 0.398 e. The molecule has 0 radical (unpaired) electrons. The Balaban J connectivity index is 1.98. The first-order valence-electron chi connectivity index (χ1n) is 6.82. The summed E-state index contributed by atoms with van der Waals surface area (Å²) in [6.45, 7) is 4.57. The minimum Gasteiger partial charge on any atom is -0.398 e. The Kier molecular flexibility index (Phi) is 4.41. The molecule has 0 spiro atoms. The highest BCUT2D eigenvalue weighted by Crippen LogP contribution is 2.13. The smallest absolute Gasteiger partial charge is 0.251 e. The third kappa shape index (κ3) is 3.38. The Hall–Kier alpha value is -2.29. The SMILES string of the molecule is CCc1ccc(CNC(=O)c2ccc(C)c(N)c2)cc1. The molecule has 0 saturated carbocycles. The minimum absolute atomic E-state index is 0.101. The normalized spacial score (nSPS) is 10.3. The van der Waals surface area contributed by atoms with E-state index in [1.807, 2.05) is 25.1 Å². The predicted octanol–water partition coefficient (Wildman–Crippen LogP) is 3.07. The average Bonchev–Trinajstić information content (AvgIpc) is 2.48. The molecule has 0 aromatic heterocycles. The van der Waals surface area contributed by atoms with E-state index in [2.05, 4.69) is 24.4 Å². The van der Waals surface area contributed by atoms with Crippen LogP contribution in [-0.2, 0) is 13.0 Å². The zero-order valence-corrected chi connectivity index (χ0v) is 11.9. The summed E-state index contributed by atoms with van der Waals surface area (Å²) in [4.78, 5) is 12.0. The van der Waals surface area contributed by atoms with Gasteiger partial charge in [0.2, 0.25) is 0 Å². The van der Waals surface area contributed by atoms with Crippen LogP contribution in [0.2, 0.25) is 0 Å². The predicted molar refractivity (Wildman–Crippen MR) is 82.6 cm³/mol. The molecule has 0 aliphatic heterocycles. The van der Waals surface area contributed by atoms with Crippen molar-refractivity contribution in [2.75, 3.05) is 5.73 Å². The zero-order chi connectivity index (χ0) is 14.5. The maximum Gasteiger partial charge on any atom is 0.251 e. The number of anilines is 1. The molecule has 1 amide bonds. The lowest BCUT2D eigenvalue weighted by molar-refractivity contribution is 0.0951. The molecule has 0 aliphatic carbocycles. The summed E-state index contributed by atoms with van der Waals surface area (Å²) < 4.78 is 0. The van der Waals surface area contributed by atoms with Crippen LogP contribution in [0.15, 0.2) is 42.5 Å². The van der Waals surface area contributed by atoms with Gasteiger partial charge in [0, 0.05) is 17.8 Å². The molecule has 2 rings (SSSR count). The maximum absolute atomic E-state index is 12.0. The molecular formula is C17H20N2O. The molecule has 0 aliphatic rings. The van der Waals surface area contributed by atoms with Crippen LogP contribution >= 0.6 is 0 Å². The molecule has 0 atom stereocenters. The quantitative estimate of drug-likeness (QED) is 0.837. The van der Waals surface area contributed by atoms with Gasteiger partial charge in [-0.05, 0) is 42.2 Å². The fraction of sp³-hybridized carbons (Fsp3) is 0.235. The van der Waals surface area contributed by atoms with Crippen molar-refractivity contribution in [3.8, 4) is 0 Å². The number of nitrogen functional groups attached to an aromatic ring is 1. The van der Waals surface area contributed by atoms with Gasteiger partial charge in [0.1, 0.15) is 0 Å². The number of benzene rings is 2. The van der Waals surface area contributed by atoms with Gasteiger partial charge in [-0.15, -0.1) is 0 Å². The van der Waals surface area contributed by atoms with Crippen molar-refractivity contribution in [1.82, 2.24) is 5.32 Å². The number of carbonyl (C=O) groups is 1. The number of rotatable bonds is 4. The van der Waals surface area contributed by atoms with E-state index in [0.29, 0.717) is 17.8 Å². The second-order valence-corrected chi connectivity index (χ2v) is 4.92. The molecule has 3 nitrogen and oxygen atoms in total. The van der Waals surface area contributed by atoms with E-state index >= 15 is 0 Å². The van der Waals surface area contributed by atoms with Crippen LogP contribution in [0.1, 0.15) is 34.0 Å². The highest BCUT2D eigenvalue weighted by atomic mass is 16.1. The lowest BCUT2D eigenvalue weighted by atomic mass is 10.1. The molecule has 2 aromatic rings. The van der Waals surface area contributed by atoms with Crippen LogP contribution < -0.4 is 11.1 Å². The Morgan fingerprint density at radius 2 is 1.75 bits per heavy atom. The number of hydrogen-bond acceptors (Lipinski definition) is 2. The van der Waals surface area contributed by atoms with Crippen LogP contribution in [0.4, 0.5) is 5.69 Å². The standard InChI is InChI=1S/C17H20N2O/c1-3-13-5-7-14(8-6-13)11-19-17(20)15-9-4-12(2)16(18)10-15/h4-10H,3,11,18H2,1-2H3,(H,19,20). The number of nitrogens with two attached hydrogens (primary N) is 1. The van der Waals surface area contributed by atoms with Gasteiger partial charge in [-0.2, -0.15) is 0 Å². The fourth-order valence-corrected chi connectivity index (χ4v) is 1.96. The van der Waals surface area contributed by atoms with Crippen molar-refractivity contribution >= 4 is 11.6 Å². The van der Waals surface area contributed by atoms with E-state index in [0.717, 1.165) is 17.5 Å². The molecule has 2 aromatic carbocycles. The van der Waals surface area contributed by atoms with E-state index < -0.39 is 0 Å². The van der Waals surface area contributed by atoms with Gasteiger partial charge < -0.3 is 11.1 Å². The molecule has 3 heteroatoms. The molecule has 0 saturated heterocycles. The summed E-state index contributed by atoms with van der Waals surface area (Å²) in [5, 5.41) is 2.90. The first-order chi connectivity index (χ1) is 9.60. The summed E-state index contributed by atoms with van der Waals surface area (Å²) >= 11 is 0. The average molecular weight is 268 g/mol. The number of hydrogen-bond donors (Lipinski definition) is 2. The van der Waals surface area contributed by atoms with Gasteiger partial charge in [0.25, 0.3) is 5.91 Å². The first kappa shape index (κ1) is 14.1. The minimum atomic E-state index is -0.101. The van der Waals surface area contributed by atoms with Crippen molar-refractivity contribution in [3.05, 3.63) is 64.7 Å². The second kappa shape index (κ2) is 6.24. The van der Waals surface area contributed by atoms with Crippen molar-refractivity contribution < 1.29 is 4.79 Å². The molecule has 0 fully saturated rings. The molecular weight excluding hydrogens is 248 g/mol. The third-order valence-electron chi connectivity index (χ3n) is 3.43. The van der Waals surface area contributed by atoms with Gasteiger partial charge in [0.05, 0.1) is 0 Å². The lowest BCUT2D eigenvalue weighted by Crippen LogP contribution is -2.22. The molecule has 0 unspecified atom stereocenters. The summed E-state index contributed by atoms with van der Waals surface area (Å²) in [6, 6.07) is 13.6. The van der Waals surface area contributed by atoms with Crippen LogP contribution in [0, 0.1) is 6.92 Å². The first-order valence-corrected chi connectivity index (χ1v) is 6.82. The highest BCUT2D eigenvalue weighted by molar-refractivity contribution is 5.95. The van der Waals surface area contributed by atoms with Crippen molar-refractivity contribution in [2.45, 2.75) is 26.8 Å². The van der Waals surface area contributed by atoms with E-state index in [1.54, 1.807) is 12.1 Å². The van der Waals surface area contributed by atoms with Gasteiger partial charge in [-0.25, -0.2) is 0 Å². The van der Waals surface area contributed by atoms with Gasteiger partial charge in [0.15, 0.2) is 0 Å². The lowest BCUT2D eigenvalue weighted by Gasteiger charge is -2.08. The highest BCUT2D eigenvalue weighted by Gasteiger charge is 2.06. The van der Waals surface area contributed by atoms with Gasteiger partial charge in [-0.1, -0.05) is 37.3 Å². The Morgan fingerprint density at radius 3 is 2.35 bits per heavy atom. The molecule has 104 valence electrons. The van der Waals surface area contributed by atoms with E-state index in [9.17, 15) is 4.79 Å². The second-order valence-electron chi connectivity index (χ2n) is 4.92. The van der Waals surface area contributed by atoms with E-state index in [-0.39, 0.29) is 5.91 Å². The van der Waals surface area contributed by atoms with Gasteiger partial charge in [-0.3, -0.25) is 4.79 Å². The van der Waals surface area contributed by atoms with Crippen LogP contribution in [0.3, 0.4) is 0 Å². The maximum atomic E-state index is 12.0. The van der Waals surface area contributed by atoms with E-state index in [4.69, 9.17) is 5.73 Å². The van der Waals surface area contributed by atoms with Crippen LogP contribution in [0.25, 0.3) is 0 Å². The van der Waals surface area contributed by atoms with Crippen molar-refractivity contribution in [3.63, 3.8) is 0 Å². The van der Waals surface area contributed by atoms with Crippen molar-refractivity contribution in [2.24, 2.45) is 0 Å². The van der Waals surface area contributed by atoms with E-state index in [1.165, 1.54) is 5.56 Å². The van der Waals surface area contributed by atoms with Crippen LogP contribution in [-0.4, -0.2) is 5.91 Å². The summed E-state index contributed by atoms with van der Waals surface area (Å²) in [5.74, 6) is -0.101. The van der Waals surface area contributed by atoms with Gasteiger partial charge >= 0.3 is 0 Å². The number of carbonyl (C=O) groups excluding carboxylic acids is 1. The monoisotopic (exact) mass is 268 g/mol. The van der Waals surface area contributed by atoms with Crippen LogP contribution in [0.5, 0.6) is 0 Å². The molecule has 0 bridgehead atoms.